The highest BCUT2D eigenvalue weighted by atomic mass is 16.5. The molecule has 0 aliphatic rings. The third kappa shape index (κ3) is 1.10. The first-order valence-corrected chi connectivity index (χ1v) is 2.76. The van der Waals surface area contributed by atoms with Crippen LogP contribution in [-0.2, 0) is 0 Å². The van der Waals surface area contributed by atoms with E-state index in [0.29, 0.717) is 5.88 Å². The van der Waals surface area contributed by atoms with E-state index in [1.807, 2.05) is 0 Å². The van der Waals surface area contributed by atoms with E-state index in [1.165, 1.54) is 19.4 Å². The number of methoxy groups -OCH3 is 1. The third-order valence-electron chi connectivity index (χ3n) is 1.14. The summed E-state index contributed by atoms with van der Waals surface area (Å²) >= 11 is 0. The second-order valence-corrected chi connectivity index (χ2v) is 1.82. The van der Waals surface area contributed by atoms with E-state index in [-0.39, 0.29) is 11.1 Å². The number of aromatic nitrogens is 1. The Labute approximate surface area is 57.6 Å². The minimum atomic E-state index is -0.226. The predicted octanol–water partition coefficient (Wildman–Crippen LogP) is -0.0343. The van der Waals surface area contributed by atoms with Gasteiger partial charge in [0.1, 0.15) is 0 Å². The van der Waals surface area contributed by atoms with Crippen LogP contribution in [-0.4, -0.2) is 12.1 Å². The lowest BCUT2D eigenvalue weighted by molar-refractivity contribution is 0.397. The van der Waals surface area contributed by atoms with Gasteiger partial charge >= 0.3 is 0 Å². The lowest BCUT2D eigenvalue weighted by atomic mass is 10.4. The van der Waals surface area contributed by atoms with Gasteiger partial charge in [-0.2, -0.15) is 0 Å². The van der Waals surface area contributed by atoms with Gasteiger partial charge in [-0.1, -0.05) is 0 Å². The molecule has 1 heterocycles. The van der Waals surface area contributed by atoms with Crippen LogP contribution in [0.1, 0.15) is 0 Å². The van der Waals surface area contributed by atoms with Gasteiger partial charge in [-0.3, -0.25) is 4.79 Å². The Balaban J connectivity index is 3.17. The quantitative estimate of drug-likeness (QED) is 0.575. The number of hydrogen-bond donors (Lipinski definition) is 2. The van der Waals surface area contributed by atoms with Crippen LogP contribution in [0, 0.1) is 0 Å². The summed E-state index contributed by atoms with van der Waals surface area (Å²) in [6.07, 6.45) is 1.40. The average molecular weight is 140 g/mol. The number of nitrogens with one attached hydrogen (secondary N) is 1. The first kappa shape index (κ1) is 6.67. The largest absolute Gasteiger partial charge is 0.482 e. The molecule has 1 aromatic heterocycles. The average Bonchev–Trinajstić information content (AvgIpc) is 1.95. The Morgan fingerprint density at radius 3 is 2.90 bits per heavy atom. The van der Waals surface area contributed by atoms with Crippen molar-refractivity contribution in [1.29, 1.82) is 0 Å². The van der Waals surface area contributed by atoms with Gasteiger partial charge in [0.2, 0.25) is 5.43 Å². The van der Waals surface area contributed by atoms with Gasteiger partial charge in [0.15, 0.2) is 5.88 Å². The van der Waals surface area contributed by atoms with Gasteiger partial charge in [0.25, 0.3) is 0 Å². The van der Waals surface area contributed by atoms with Crippen LogP contribution < -0.4 is 15.9 Å². The lowest BCUT2D eigenvalue weighted by Gasteiger charge is -1.97. The Hall–Kier alpha value is -1.45. The number of ether oxygens (including phenoxy) is 1. The van der Waals surface area contributed by atoms with E-state index >= 15 is 0 Å². The molecule has 0 spiro atoms. The molecule has 0 fully saturated rings. The number of H-pyrrole nitrogens is 1. The molecule has 4 nitrogen and oxygen atoms in total. The molecular formula is C6H8N2O2. The highest BCUT2D eigenvalue weighted by Gasteiger charge is 1.94. The first-order chi connectivity index (χ1) is 4.74. The van der Waals surface area contributed by atoms with Crippen molar-refractivity contribution in [2.24, 2.45) is 0 Å². The number of rotatable bonds is 1. The summed E-state index contributed by atoms with van der Waals surface area (Å²) in [4.78, 5) is 13.5. The Morgan fingerprint density at radius 1 is 1.70 bits per heavy atom. The van der Waals surface area contributed by atoms with Crippen LogP contribution in [0.25, 0.3) is 0 Å². The number of pyridine rings is 1. The summed E-state index contributed by atoms with van der Waals surface area (Å²) in [6, 6.07) is 1.30. The topological polar surface area (TPSA) is 68.1 Å². The number of aromatic amines is 1. The normalized spacial score (nSPS) is 9.30. The number of nitrogens with two attached hydrogens (primary N) is 1. The summed E-state index contributed by atoms with van der Waals surface area (Å²) in [7, 11) is 1.47. The molecule has 0 amide bonds. The second-order valence-electron chi connectivity index (χ2n) is 1.82. The fourth-order valence-corrected chi connectivity index (χ4v) is 0.582. The van der Waals surface area contributed by atoms with Crippen molar-refractivity contribution in [3.63, 3.8) is 0 Å². The molecule has 3 N–H and O–H groups in total. The summed E-state index contributed by atoms with van der Waals surface area (Å²) in [5.41, 5.74) is 5.21. The maximum Gasteiger partial charge on any atom is 0.208 e. The van der Waals surface area contributed by atoms with Crippen LogP contribution in [0.2, 0.25) is 0 Å². The standard InChI is InChI=1S/C6H8N2O2/c1-10-6-2-5(9)4(7)3-8-6/h2-3H,7H2,1H3,(H,8,9). The highest BCUT2D eigenvalue weighted by Crippen LogP contribution is 2.00. The molecule has 54 valence electrons. The molecule has 0 bridgehead atoms. The monoisotopic (exact) mass is 140 g/mol. The minimum absolute atomic E-state index is 0.195. The fourth-order valence-electron chi connectivity index (χ4n) is 0.582. The van der Waals surface area contributed by atoms with E-state index in [4.69, 9.17) is 10.5 Å². The van der Waals surface area contributed by atoms with Crippen molar-refractivity contribution < 1.29 is 4.74 Å². The summed E-state index contributed by atoms with van der Waals surface area (Å²) in [5, 5.41) is 0. The van der Waals surface area contributed by atoms with E-state index in [2.05, 4.69) is 4.98 Å². The van der Waals surface area contributed by atoms with Gasteiger partial charge in [0.05, 0.1) is 12.8 Å². The molecule has 1 aromatic rings. The van der Waals surface area contributed by atoms with Crippen LogP contribution >= 0.6 is 0 Å². The maximum absolute atomic E-state index is 10.8. The molecule has 1 rings (SSSR count). The highest BCUT2D eigenvalue weighted by molar-refractivity contribution is 5.36. The van der Waals surface area contributed by atoms with E-state index in [1.54, 1.807) is 0 Å². The number of anilines is 1. The van der Waals surface area contributed by atoms with Crippen molar-refractivity contribution in [2.45, 2.75) is 0 Å². The van der Waals surface area contributed by atoms with Gasteiger partial charge in [-0.15, -0.1) is 0 Å². The molecule has 0 saturated heterocycles. The zero-order valence-electron chi connectivity index (χ0n) is 5.55. The van der Waals surface area contributed by atoms with Gasteiger partial charge < -0.3 is 15.5 Å². The van der Waals surface area contributed by atoms with E-state index < -0.39 is 0 Å². The molecule has 0 saturated carbocycles. The molecule has 0 aliphatic carbocycles. The minimum Gasteiger partial charge on any atom is -0.482 e. The van der Waals surface area contributed by atoms with E-state index in [0.717, 1.165) is 0 Å². The van der Waals surface area contributed by atoms with Crippen LogP contribution in [0.5, 0.6) is 5.88 Å². The molecule has 0 aliphatic heterocycles. The van der Waals surface area contributed by atoms with Crippen molar-refractivity contribution in [1.82, 2.24) is 4.98 Å². The molecule has 10 heavy (non-hydrogen) atoms. The molecule has 0 radical (unpaired) electrons. The van der Waals surface area contributed by atoms with Gasteiger partial charge in [0, 0.05) is 12.3 Å². The molecule has 4 heteroatoms. The SMILES string of the molecule is COc1cc(=O)c(N)c[nH]1. The Bertz CT molecular complexity index is 279. The molecule has 0 aromatic carbocycles. The lowest BCUT2D eigenvalue weighted by Crippen LogP contribution is -2.07. The Kier molecular flexibility index (Phi) is 1.62. The second kappa shape index (κ2) is 2.43. The van der Waals surface area contributed by atoms with Crippen LogP contribution in [0.4, 0.5) is 5.69 Å². The van der Waals surface area contributed by atoms with Crippen molar-refractivity contribution in [2.75, 3.05) is 12.8 Å². The molecule has 0 atom stereocenters. The summed E-state index contributed by atoms with van der Waals surface area (Å²) < 4.78 is 4.74. The molecular weight excluding hydrogens is 132 g/mol. The number of nitrogen functional groups attached to an aromatic ring is 1. The zero-order valence-corrected chi connectivity index (χ0v) is 5.55. The summed E-state index contributed by atoms with van der Waals surface area (Å²) in [5.74, 6) is 0.416. The molecule has 0 unspecified atom stereocenters. The van der Waals surface area contributed by atoms with Crippen LogP contribution in [0.15, 0.2) is 17.1 Å². The van der Waals surface area contributed by atoms with Gasteiger partial charge in [-0.05, 0) is 0 Å². The predicted molar refractivity (Wildman–Crippen MR) is 38.0 cm³/mol. The van der Waals surface area contributed by atoms with Crippen LogP contribution in [0.3, 0.4) is 0 Å². The Morgan fingerprint density at radius 2 is 2.40 bits per heavy atom. The van der Waals surface area contributed by atoms with Crippen molar-refractivity contribution in [3.8, 4) is 5.88 Å². The van der Waals surface area contributed by atoms with Crippen molar-refractivity contribution >= 4 is 5.69 Å². The van der Waals surface area contributed by atoms with E-state index in [9.17, 15) is 4.79 Å². The summed E-state index contributed by atoms with van der Waals surface area (Å²) in [6.45, 7) is 0. The number of hydrogen-bond acceptors (Lipinski definition) is 3. The first-order valence-electron chi connectivity index (χ1n) is 2.76. The zero-order chi connectivity index (χ0) is 7.56. The maximum atomic E-state index is 10.8. The van der Waals surface area contributed by atoms with Crippen molar-refractivity contribution in [3.05, 3.63) is 22.5 Å². The smallest absolute Gasteiger partial charge is 0.208 e. The van der Waals surface area contributed by atoms with Gasteiger partial charge in [-0.25, -0.2) is 0 Å². The fraction of sp³-hybridized carbons (Fsp3) is 0.167. The third-order valence-corrected chi connectivity index (χ3v) is 1.14.